The van der Waals surface area contributed by atoms with E-state index in [0.717, 1.165) is 5.56 Å². The predicted molar refractivity (Wildman–Crippen MR) is 64.0 cm³/mol. The van der Waals surface area contributed by atoms with Crippen LogP contribution in [0.15, 0.2) is 24.3 Å². The molecule has 5 nitrogen and oxygen atoms in total. The van der Waals surface area contributed by atoms with Crippen molar-refractivity contribution in [1.29, 1.82) is 0 Å². The number of benzene rings is 1. The summed E-state index contributed by atoms with van der Waals surface area (Å²) in [6.45, 7) is 0.971. The van der Waals surface area contributed by atoms with Crippen molar-refractivity contribution in [2.24, 2.45) is 5.92 Å². The molecular formula is C13H15NO4. The molecule has 0 unspecified atom stereocenters. The van der Waals surface area contributed by atoms with Crippen molar-refractivity contribution in [2.45, 2.75) is 13.0 Å². The zero-order chi connectivity index (χ0) is 13.1. The lowest BCUT2D eigenvalue weighted by molar-refractivity contribution is -0.139. The van der Waals surface area contributed by atoms with E-state index < -0.39 is 5.97 Å². The number of rotatable bonds is 4. The SMILES string of the molecule is O=C(O)CC1CN(C(=O)c2ccc(CO)cc2)C1. The van der Waals surface area contributed by atoms with Crippen molar-refractivity contribution in [3.8, 4) is 0 Å². The molecule has 18 heavy (non-hydrogen) atoms. The van der Waals surface area contributed by atoms with Crippen LogP contribution in [0.4, 0.5) is 0 Å². The number of carbonyl (C=O) groups is 2. The van der Waals surface area contributed by atoms with E-state index in [1.165, 1.54) is 0 Å². The number of carboxylic acid groups (broad SMARTS) is 1. The van der Waals surface area contributed by atoms with Gasteiger partial charge in [-0.2, -0.15) is 0 Å². The summed E-state index contributed by atoms with van der Waals surface area (Å²) >= 11 is 0. The van der Waals surface area contributed by atoms with Gasteiger partial charge in [-0.3, -0.25) is 9.59 Å². The first-order valence-corrected chi connectivity index (χ1v) is 5.81. The Kier molecular flexibility index (Phi) is 3.62. The molecule has 0 aromatic heterocycles. The van der Waals surface area contributed by atoms with Gasteiger partial charge in [-0.05, 0) is 17.7 Å². The lowest BCUT2D eigenvalue weighted by Gasteiger charge is -2.38. The zero-order valence-corrected chi connectivity index (χ0v) is 9.87. The molecule has 0 spiro atoms. The Bertz CT molecular complexity index is 449. The third-order valence-electron chi connectivity index (χ3n) is 3.09. The van der Waals surface area contributed by atoms with Gasteiger partial charge in [-0.25, -0.2) is 0 Å². The van der Waals surface area contributed by atoms with Crippen LogP contribution in [-0.2, 0) is 11.4 Å². The molecule has 1 saturated heterocycles. The molecule has 96 valence electrons. The predicted octanol–water partition coefficient (Wildman–Crippen LogP) is 0.726. The number of hydrogen-bond acceptors (Lipinski definition) is 3. The summed E-state index contributed by atoms with van der Waals surface area (Å²) in [4.78, 5) is 24.1. The maximum Gasteiger partial charge on any atom is 0.303 e. The average molecular weight is 249 g/mol. The van der Waals surface area contributed by atoms with Gasteiger partial charge in [0, 0.05) is 24.6 Å². The maximum atomic E-state index is 12.0. The molecule has 0 aliphatic carbocycles. The number of carboxylic acids is 1. The number of aliphatic hydroxyl groups excluding tert-OH is 1. The lowest BCUT2D eigenvalue weighted by atomic mass is 9.95. The summed E-state index contributed by atoms with van der Waals surface area (Å²) in [6, 6.07) is 6.78. The number of nitrogens with zero attached hydrogens (tertiary/aromatic N) is 1. The topological polar surface area (TPSA) is 77.8 Å². The summed E-state index contributed by atoms with van der Waals surface area (Å²) in [5, 5.41) is 17.5. The molecule has 0 saturated carbocycles. The van der Waals surface area contributed by atoms with E-state index in [4.69, 9.17) is 10.2 Å². The van der Waals surface area contributed by atoms with Crippen LogP contribution in [0.25, 0.3) is 0 Å². The smallest absolute Gasteiger partial charge is 0.303 e. The van der Waals surface area contributed by atoms with Gasteiger partial charge in [-0.15, -0.1) is 0 Å². The Morgan fingerprint density at radius 2 is 1.83 bits per heavy atom. The van der Waals surface area contributed by atoms with Crippen LogP contribution in [0, 0.1) is 5.92 Å². The van der Waals surface area contributed by atoms with Gasteiger partial charge in [0.2, 0.25) is 0 Å². The highest BCUT2D eigenvalue weighted by Gasteiger charge is 2.32. The molecule has 0 atom stereocenters. The Hall–Kier alpha value is -1.88. The third-order valence-corrected chi connectivity index (χ3v) is 3.09. The zero-order valence-electron chi connectivity index (χ0n) is 9.87. The molecule has 1 aromatic rings. The Morgan fingerprint density at radius 3 is 2.33 bits per heavy atom. The van der Waals surface area contributed by atoms with Gasteiger partial charge >= 0.3 is 5.97 Å². The maximum absolute atomic E-state index is 12.0. The first kappa shape index (κ1) is 12.6. The van der Waals surface area contributed by atoms with Crippen LogP contribution in [0.3, 0.4) is 0 Å². The van der Waals surface area contributed by atoms with Crippen molar-refractivity contribution in [2.75, 3.05) is 13.1 Å². The molecule has 2 N–H and O–H groups in total. The van der Waals surface area contributed by atoms with E-state index in [1.807, 2.05) is 0 Å². The lowest BCUT2D eigenvalue weighted by Crippen LogP contribution is -2.50. The fourth-order valence-electron chi connectivity index (χ4n) is 2.05. The van der Waals surface area contributed by atoms with Gasteiger partial charge in [0.05, 0.1) is 13.0 Å². The van der Waals surface area contributed by atoms with Crippen LogP contribution >= 0.6 is 0 Å². The molecule has 1 aliphatic rings. The average Bonchev–Trinajstić information content (AvgIpc) is 2.32. The molecular weight excluding hydrogens is 234 g/mol. The van der Waals surface area contributed by atoms with Crippen molar-refractivity contribution in [3.05, 3.63) is 35.4 Å². The standard InChI is InChI=1S/C13H15NO4/c15-8-9-1-3-11(4-2-9)13(18)14-6-10(7-14)5-12(16)17/h1-4,10,15H,5-8H2,(H,16,17). The Morgan fingerprint density at radius 1 is 1.22 bits per heavy atom. The van der Waals surface area contributed by atoms with E-state index in [-0.39, 0.29) is 24.9 Å². The van der Waals surface area contributed by atoms with Crippen molar-refractivity contribution in [3.63, 3.8) is 0 Å². The van der Waals surface area contributed by atoms with Crippen molar-refractivity contribution >= 4 is 11.9 Å². The number of aliphatic hydroxyl groups is 1. The summed E-state index contributed by atoms with van der Waals surface area (Å²) in [5.74, 6) is -0.830. The molecule has 0 radical (unpaired) electrons. The highest BCUT2D eigenvalue weighted by atomic mass is 16.4. The number of hydrogen-bond donors (Lipinski definition) is 2. The summed E-state index contributed by atoms with van der Waals surface area (Å²) in [5.41, 5.74) is 1.33. The second-order valence-corrected chi connectivity index (χ2v) is 4.53. The number of likely N-dealkylation sites (tertiary alicyclic amines) is 1. The molecule has 0 bridgehead atoms. The molecule has 1 fully saturated rings. The van der Waals surface area contributed by atoms with Crippen molar-refractivity contribution < 1.29 is 19.8 Å². The highest BCUT2D eigenvalue weighted by Crippen LogP contribution is 2.21. The number of aliphatic carboxylic acids is 1. The van der Waals surface area contributed by atoms with Crippen molar-refractivity contribution in [1.82, 2.24) is 4.90 Å². The van der Waals surface area contributed by atoms with Crippen LogP contribution < -0.4 is 0 Å². The van der Waals surface area contributed by atoms with E-state index >= 15 is 0 Å². The van der Waals surface area contributed by atoms with Gasteiger partial charge in [0.15, 0.2) is 0 Å². The Balaban J connectivity index is 1.91. The summed E-state index contributed by atoms with van der Waals surface area (Å²) in [6.07, 6.45) is 0.118. The molecule has 1 heterocycles. The van der Waals surface area contributed by atoms with Crippen LogP contribution in [0.2, 0.25) is 0 Å². The minimum Gasteiger partial charge on any atom is -0.481 e. The Labute approximate surface area is 105 Å². The minimum absolute atomic E-state index is 0.0428. The quantitative estimate of drug-likeness (QED) is 0.824. The number of amides is 1. The van der Waals surface area contributed by atoms with E-state index in [2.05, 4.69) is 0 Å². The largest absolute Gasteiger partial charge is 0.481 e. The monoisotopic (exact) mass is 249 g/mol. The second kappa shape index (κ2) is 5.18. The van der Waals surface area contributed by atoms with E-state index in [1.54, 1.807) is 29.2 Å². The number of carbonyl (C=O) groups excluding carboxylic acids is 1. The van der Waals surface area contributed by atoms with E-state index in [0.29, 0.717) is 18.7 Å². The third kappa shape index (κ3) is 2.68. The second-order valence-electron chi connectivity index (χ2n) is 4.53. The first-order chi connectivity index (χ1) is 8.60. The van der Waals surface area contributed by atoms with Crippen LogP contribution in [0.1, 0.15) is 22.3 Å². The summed E-state index contributed by atoms with van der Waals surface area (Å²) < 4.78 is 0. The fourth-order valence-corrected chi connectivity index (χ4v) is 2.05. The summed E-state index contributed by atoms with van der Waals surface area (Å²) in [7, 11) is 0. The fraction of sp³-hybridized carbons (Fsp3) is 0.385. The van der Waals surface area contributed by atoms with E-state index in [9.17, 15) is 9.59 Å². The van der Waals surface area contributed by atoms with Crippen LogP contribution in [-0.4, -0.2) is 40.1 Å². The highest BCUT2D eigenvalue weighted by molar-refractivity contribution is 5.94. The first-order valence-electron chi connectivity index (χ1n) is 5.81. The molecule has 1 aromatic carbocycles. The van der Waals surface area contributed by atoms with Gasteiger partial charge < -0.3 is 15.1 Å². The van der Waals surface area contributed by atoms with Crippen LogP contribution in [0.5, 0.6) is 0 Å². The molecule has 1 aliphatic heterocycles. The molecule has 1 amide bonds. The molecule has 5 heteroatoms. The minimum atomic E-state index is -0.820. The van der Waals surface area contributed by atoms with Gasteiger partial charge in [0.25, 0.3) is 5.91 Å². The normalized spacial score (nSPS) is 15.3. The van der Waals surface area contributed by atoms with Gasteiger partial charge in [-0.1, -0.05) is 12.1 Å². The van der Waals surface area contributed by atoms with Gasteiger partial charge in [0.1, 0.15) is 0 Å². The molecule has 2 rings (SSSR count).